The molecule has 1 unspecified atom stereocenters. The fourth-order valence-corrected chi connectivity index (χ4v) is 2.03. The van der Waals surface area contributed by atoms with Gasteiger partial charge in [0.2, 0.25) is 0 Å². The zero-order valence-electron chi connectivity index (χ0n) is 13.1. The van der Waals surface area contributed by atoms with Crippen LogP contribution in [-0.2, 0) is 14.2 Å². The standard InChI is InChI=1S/C14H32N2O3/c1-5-7-15-12-14(13-19-4)16(9-11-18-3)8-6-10-17-2/h14-15H,5-13H2,1-4H3. The molecule has 0 aromatic heterocycles. The van der Waals surface area contributed by atoms with Gasteiger partial charge in [0, 0.05) is 53.6 Å². The van der Waals surface area contributed by atoms with Gasteiger partial charge < -0.3 is 19.5 Å². The van der Waals surface area contributed by atoms with Crippen molar-refractivity contribution in [3.8, 4) is 0 Å². The van der Waals surface area contributed by atoms with E-state index < -0.39 is 0 Å². The van der Waals surface area contributed by atoms with Crippen LogP contribution in [0.25, 0.3) is 0 Å². The molecule has 0 heterocycles. The van der Waals surface area contributed by atoms with E-state index in [1.54, 1.807) is 21.3 Å². The van der Waals surface area contributed by atoms with E-state index in [1.165, 1.54) is 0 Å². The first-order valence-electron chi connectivity index (χ1n) is 7.21. The fourth-order valence-electron chi connectivity index (χ4n) is 2.03. The molecule has 0 amide bonds. The van der Waals surface area contributed by atoms with E-state index in [2.05, 4.69) is 17.1 Å². The molecule has 0 radical (unpaired) electrons. The minimum atomic E-state index is 0.392. The summed E-state index contributed by atoms with van der Waals surface area (Å²) in [6, 6.07) is 0.392. The first-order valence-corrected chi connectivity index (χ1v) is 7.21. The van der Waals surface area contributed by atoms with E-state index >= 15 is 0 Å². The quantitative estimate of drug-likeness (QED) is 0.479. The monoisotopic (exact) mass is 276 g/mol. The number of rotatable bonds is 14. The molecule has 0 saturated heterocycles. The Bertz CT molecular complexity index is 182. The van der Waals surface area contributed by atoms with Crippen LogP contribution in [0, 0.1) is 0 Å². The van der Waals surface area contributed by atoms with Crippen molar-refractivity contribution in [3.05, 3.63) is 0 Å². The first-order chi connectivity index (χ1) is 9.29. The second-order valence-corrected chi connectivity index (χ2v) is 4.69. The normalized spacial score (nSPS) is 13.1. The van der Waals surface area contributed by atoms with E-state index in [4.69, 9.17) is 14.2 Å². The third-order valence-corrected chi connectivity index (χ3v) is 3.06. The van der Waals surface area contributed by atoms with Gasteiger partial charge in [-0.2, -0.15) is 0 Å². The lowest BCUT2D eigenvalue weighted by Crippen LogP contribution is -2.47. The molecule has 0 aromatic carbocycles. The Morgan fingerprint density at radius 2 is 1.74 bits per heavy atom. The van der Waals surface area contributed by atoms with E-state index in [0.29, 0.717) is 6.04 Å². The summed E-state index contributed by atoms with van der Waals surface area (Å²) in [5.74, 6) is 0. The van der Waals surface area contributed by atoms with Crippen molar-refractivity contribution in [3.63, 3.8) is 0 Å². The number of methoxy groups -OCH3 is 3. The van der Waals surface area contributed by atoms with Gasteiger partial charge >= 0.3 is 0 Å². The second kappa shape index (κ2) is 14.2. The molecule has 0 bridgehead atoms. The third kappa shape index (κ3) is 10.3. The second-order valence-electron chi connectivity index (χ2n) is 4.69. The highest BCUT2D eigenvalue weighted by molar-refractivity contribution is 4.74. The van der Waals surface area contributed by atoms with Gasteiger partial charge in [-0.15, -0.1) is 0 Å². The maximum Gasteiger partial charge on any atom is 0.0630 e. The zero-order valence-corrected chi connectivity index (χ0v) is 13.1. The Morgan fingerprint density at radius 1 is 1.00 bits per heavy atom. The number of nitrogens with one attached hydrogen (secondary N) is 1. The fraction of sp³-hybridized carbons (Fsp3) is 1.00. The molecule has 5 heteroatoms. The maximum absolute atomic E-state index is 5.35. The molecule has 0 aliphatic rings. The van der Waals surface area contributed by atoms with Gasteiger partial charge in [0.1, 0.15) is 0 Å². The molecular formula is C14H32N2O3. The van der Waals surface area contributed by atoms with E-state index in [1.807, 2.05) is 0 Å². The Balaban J connectivity index is 4.24. The van der Waals surface area contributed by atoms with Gasteiger partial charge in [0.05, 0.1) is 13.2 Å². The van der Waals surface area contributed by atoms with Crippen molar-refractivity contribution < 1.29 is 14.2 Å². The number of nitrogens with zero attached hydrogens (tertiary/aromatic N) is 1. The Morgan fingerprint density at radius 3 is 2.32 bits per heavy atom. The summed E-state index contributed by atoms with van der Waals surface area (Å²) in [6.45, 7) is 8.43. The SMILES string of the molecule is CCCNCC(COC)N(CCCOC)CCOC. The smallest absolute Gasteiger partial charge is 0.0630 e. The first kappa shape index (κ1) is 18.8. The van der Waals surface area contributed by atoms with Crippen LogP contribution in [0.3, 0.4) is 0 Å². The third-order valence-electron chi connectivity index (χ3n) is 3.06. The van der Waals surface area contributed by atoms with Crippen molar-refractivity contribution in [1.82, 2.24) is 10.2 Å². The molecule has 0 spiro atoms. The Hall–Kier alpha value is -0.200. The lowest BCUT2D eigenvalue weighted by Gasteiger charge is -2.31. The van der Waals surface area contributed by atoms with Crippen LogP contribution in [0.4, 0.5) is 0 Å². The topological polar surface area (TPSA) is 43.0 Å². The average Bonchev–Trinajstić information content (AvgIpc) is 2.42. The lowest BCUT2D eigenvalue weighted by atomic mass is 10.2. The van der Waals surface area contributed by atoms with Crippen LogP contribution in [-0.4, -0.2) is 78.3 Å². The number of hydrogen-bond acceptors (Lipinski definition) is 5. The molecule has 1 atom stereocenters. The molecule has 116 valence electrons. The Labute approximate surface area is 118 Å². The van der Waals surface area contributed by atoms with Gasteiger partial charge in [0.15, 0.2) is 0 Å². The van der Waals surface area contributed by atoms with Crippen molar-refractivity contribution in [2.24, 2.45) is 0 Å². The molecule has 19 heavy (non-hydrogen) atoms. The molecule has 0 fully saturated rings. The highest BCUT2D eigenvalue weighted by atomic mass is 16.5. The molecule has 0 rings (SSSR count). The van der Waals surface area contributed by atoms with Gasteiger partial charge in [-0.3, -0.25) is 4.90 Å². The highest BCUT2D eigenvalue weighted by Gasteiger charge is 2.17. The van der Waals surface area contributed by atoms with Crippen LogP contribution >= 0.6 is 0 Å². The summed E-state index contributed by atoms with van der Waals surface area (Å²) in [4.78, 5) is 2.43. The summed E-state index contributed by atoms with van der Waals surface area (Å²) < 4.78 is 15.7. The van der Waals surface area contributed by atoms with Crippen LogP contribution in [0.1, 0.15) is 19.8 Å². The largest absolute Gasteiger partial charge is 0.385 e. The molecule has 0 aliphatic heterocycles. The molecule has 0 aliphatic carbocycles. The van der Waals surface area contributed by atoms with E-state index in [0.717, 1.165) is 58.8 Å². The predicted octanol–water partition coefficient (Wildman–Crippen LogP) is 0.986. The molecule has 0 saturated carbocycles. The van der Waals surface area contributed by atoms with Gasteiger partial charge in [-0.05, 0) is 19.4 Å². The van der Waals surface area contributed by atoms with Crippen LogP contribution in [0.5, 0.6) is 0 Å². The van der Waals surface area contributed by atoms with Crippen molar-refractivity contribution >= 4 is 0 Å². The van der Waals surface area contributed by atoms with Gasteiger partial charge in [-0.25, -0.2) is 0 Å². The van der Waals surface area contributed by atoms with Crippen molar-refractivity contribution in [1.29, 1.82) is 0 Å². The highest BCUT2D eigenvalue weighted by Crippen LogP contribution is 2.02. The molecule has 5 nitrogen and oxygen atoms in total. The maximum atomic E-state index is 5.35. The van der Waals surface area contributed by atoms with Gasteiger partial charge in [-0.1, -0.05) is 6.92 Å². The predicted molar refractivity (Wildman–Crippen MR) is 78.8 cm³/mol. The summed E-state index contributed by atoms with van der Waals surface area (Å²) in [5, 5.41) is 3.47. The van der Waals surface area contributed by atoms with Crippen LogP contribution < -0.4 is 5.32 Å². The summed E-state index contributed by atoms with van der Waals surface area (Å²) >= 11 is 0. The lowest BCUT2D eigenvalue weighted by molar-refractivity contribution is 0.0606. The Kier molecular flexibility index (Phi) is 14.1. The number of ether oxygens (including phenoxy) is 3. The summed E-state index contributed by atoms with van der Waals surface area (Å²) in [7, 11) is 5.25. The van der Waals surface area contributed by atoms with E-state index in [9.17, 15) is 0 Å². The zero-order chi connectivity index (χ0) is 14.3. The van der Waals surface area contributed by atoms with Crippen LogP contribution in [0.15, 0.2) is 0 Å². The molecular weight excluding hydrogens is 244 g/mol. The van der Waals surface area contributed by atoms with Crippen LogP contribution in [0.2, 0.25) is 0 Å². The average molecular weight is 276 g/mol. The van der Waals surface area contributed by atoms with Gasteiger partial charge in [0.25, 0.3) is 0 Å². The molecule has 1 N–H and O–H groups in total. The summed E-state index contributed by atoms with van der Waals surface area (Å²) in [6.07, 6.45) is 2.19. The minimum absolute atomic E-state index is 0.392. The summed E-state index contributed by atoms with van der Waals surface area (Å²) in [5.41, 5.74) is 0. The number of hydrogen-bond donors (Lipinski definition) is 1. The van der Waals surface area contributed by atoms with E-state index in [-0.39, 0.29) is 0 Å². The minimum Gasteiger partial charge on any atom is -0.385 e. The van der Waals surface area contributed by atoms with Crippen molar-refractivity contribution in [2.45, 2.75) is 25.8 Å². The van der Waals surface area contributed by atoms with Crippen molar-refractivity contribution in [2.75, 3.05) is 67.3 Å². The molecule has 0 aromatic rings.